The third-order valence-corrected chi connectivity index (χ3v) is 3.21. The molecular formula is C14H18N2O2. The molecule has 18 heavy (non-hydrogen) atoms. The first-order valence-electron chi connectivity index (χ1n) is 6.40. The first-order chi connectivity index (χ1) is 8.70. The van der Waals surface area contributed by atoms with Gasteiger partial charge < -0.3 is 10.6 Å². The van der Waals surface area contributed by atoms with E-state index in [9.17, 15) is 9.59 Å². The zero-order valence-corrected chi connectivity index (χ0v) is 10.5. The van der Waals surface area contributed by atoms with Crippen molar-refractivity contribution in [2.45, 2.75) is 26.2 Å². The highest BCUT2D eigenvalue weighted by molar-refractivity contribution is 5.97. The molecule has 2 N–H and O–H groups in total. The summed E-state index contributed by atoms with van der Waals surface area (Å²) in [5.74, 6) is 0.102. The highest BCUT2D eigenvalue weighted by atomic mass is 16.2. The fourth-order valence-corrected chi connectivity index (χ4v) is 1.92. The Bertz CT molecular complexity index is 453. The summed E-state index contributed by atoms with van der Waals surface area (Å²) in [7, 11) is 0. The normalized spacial score (nSPS) is 14.7. The molecule has 0 bridgehead atoms. The maximum atomic E-state index is 11.8. The molecule has 1 aliphatic carbocycles. The van der Waals surface area contributed by atoms with E-state index < -0.39 is 0 Å². The van der Waals surface area contributed by atoms with Crippen molar-refractivity contribution >= 4 is 17.5 Å². The van der Waals surface area contributed by atoms with Crippen LogP contribution in [0.5, 0.6) is 0 Å². The minimum Gasteiger partial charge on any atom is -0.352 e. The van der Waals surface area contributed by atoms with Gasteiger partial charge in [0.05, 0.1) is 0 Å². The van der Waals surface area contributed by atoms with Gasteiger partial charge in [-0.05, 0) is 38.0 Å². The molecule has 0 aliphatic heterocycles. The number of amides is 2. The van der Waals surface area contributed by atoms with Gasteiger partial charge in [0.2, 0.25) is 5.91 Å². The van der Waals surface area contributed by atoms with Gasteiger partial charge in [0, 0.05) is 23.7 Å². The minimum absolute atomic E-state index is 0.0642. The van der Waals surface area contributed by atoms with Gasteiger partial charge in [0.15, 0.2) is 0 Å². The molecule has 0 saturated heterocycles. The van der Waals surface area contributed by atoms with Crippen LogP contribution >= 0.6 is 0 Å². The second-order valence-electron chi connectivity index (χ2n) is 4.56. The fraction of sp³-hybridized carbons (Fsp3) is 0.429. The van der Waals surface area contributed by atoms with Gasteiger partial charge in [0.25, 0.3) is 5.91 Å². The number of anilines is 1. The van der Waals surface area contributed by atoms with Gasteiger partial charge >= 0.3 is 0 Å². The molecule has 4 nitrogen and oxygen atoms in total. The van der Waals surface area contributed by atoms with E-state index in [1.165, 1.54) is 0 Å². The monoisotopic (exact) mass is 246 g/mol. The lowest BCUT2D eigenvalue weighted by Crippen LogP contribution is -2.28. The second-order valence-corrected chi connectivity index (χ2v) is 4.56. The molecule has 1 saturated carbocycles. The van der Waals surface area contributed by atoms with Crippen molar-refractivity contribution in [2.24, 2.45) is 5.92 Å². The average molecular weight is 246 g/mol. The van der Waals surface area contributed by atoms with Crippen LogP contribution in [0, 0.1) is 5.92 Å². The fourth-order valence-electron chi connectivity index (χ4n) is 1.92. The van der Waals surface area contributed by atoms with Crippen LogP contribution in [0.1, 0.15) is 36.5 Å². The zero-order valence-electron chi connectivity index (χ0n) is 10.5. The van der Waals surface area contributed by atoms with E-state index in [4.69, 9.17) is 0 Å². The van der Waals surface area contributed by atoms with E-state index in [0.717, 1.165) is 19.3 Å². The third-order valence-electron chi connectivity index (χ3n) is 3.21. The lowest BCUT2D eigenvalue weighted by atomic mass is 9.85. The van der Waals surface area contributed by atoms with Crippen LogP contribution in [-0.4, -0.2) is 18.4 Å². The van der Waals surface area contributed by atoms with E-state index in [1.54, 1.807) is 24.3 Å². The molecule has 0 radical (unpaired) electrons. The van der Waals surface area contributed by atoms with Gasteiger partial charge in [-0.2, -0.15) is 0 Å². The Kier molecular flexibility index (Phi) is 3.97. The summed E-state index contributed by atoms with van der Waals surface area (Å²) in [6.45, 7) is 2.47. The minimum atomic E-state index is -0.114. The van der Waals surface area contributed by atoms with E-state index in [1.807, 2.05) is 6.92 Å². The summed E-state index contributed by atoms with van der Waals surface area (Å²) in [6, 6.07) is 7.03. The van der Waals surface area contributed by atoms with Crippen LogP contribution in [0.2, 0.25) is 0 Å². The zero-order chi connectivity index (χ0) is 13.0. The maximum Gasteiger partial charge on any atom is 0.251 e. The third kappa shape index (κ3) is 2.88. The van der Waals surface area contributed by atoms with Crippen molar-refractivity contribution in [3.05, 3.63) is 29.8 Å². The molecule has 4 heteroatoms. The Morgan fingerprint density at radius 2 is 2.11 bits per heavy atom. The van der Waals surface area contributed by atoms with Crippen molar-refractivity contribution in [3.63, 3.8) is 0 Å². The van der Waals surface area contributed by atoms with Crippen molar-refractivity contribution in [3.8, 4) is 0 Å². The molecule has 96 valence electrons. The standard InChI is InChI=1S/C14H18N2O2/c1-2-15-13(17)11-7-4-8-12(9-11)16-14(18)10-5-3-6-10/h4,7-10H,2-3,5-6H2,1H3,(H,15,17)(H,16,18). The van der Waals surface area contributed by atoms with Gasteiger partial charge in [0.1, 0.15) is 0 Å². The lowest BCUT2D eigenvalue weighted by Gasteiger charge is -2.24. The van der Waals surface area contributed by atoms with Crippen LogP contribution in [0.15, 0.2) is 24.3 Å². The second kappa shape index (κ2) is 5.67. The van der Waals surface area contributed by atoms with E-state index in [0.29, 0.717) is 17.8 Å². The van der Waals surface area contributed by atoms with Gasteiger partial charge in [-0.15, -0.1) is 0 Å². The number of rotatable bonds is 4. The van der Waals surface area contributed by atoms with Crippen molar-refractivity contribution in [1.82, 2.24) is 5.32 Å². The molecule has 0 atom stereocenters. The summed E-state index contributed by atoms with van der Waals surface area (Å²) >= 11 is 0. The molecule has 0 heterocycles. The van der Waals surface area contributed by atoms with Crippen LogP contribution in [0.25, 0.3) is 0 Å². The average Bonchev–Trinajstić information content (AvgIpc) is 2.27. The number of hydrogen-bond donors (Lipinski definition) is 2. The molecule has 1 aromatic carbocycles. The van der Waals surface area contributed by atoms with E-state index in [2.05, 4.69) is 10.6 Å². The van der Waals surface area contributed by atoms with Crippen molar-refractivity contribution in [2.75, 3.05) is 11.9 Å². The summed E-state index contributed by atoms with van der Waals surface area (Å²) in [4.78, 5) is 23.5. The molecule has 2 rings (SSSR count). The first-order valence-corrected chi connectivity index (χ1v) is 6.40. The van der Waals surface area contributed by atoms with Crippen molar-refractivity contribution in [1.29, 1.82) is 0 Å². The summed E-state index contributed by atoms with van der Waals surface area (Å²) in [5.41, 5.74) is 1.26. The van der Waals surface area contributed by atoms with Gasteiger partial charge in [-0.3, -0.25) is 9.59 Å². The number of carbonyl (C=O) groups is 2. The Labute approximate surface area is 107 Å². The Morgan fingerprint density at radius 3 is 2.72 bits per heavy atom. The predicted octanol–water partition coefficient (Wildman–Crippen LogP) is 2.17. The Balaban J connectivity index is 2.02. The quantitative estimate of drug-likeness (QED) is 0.855. The smallest absolute Gasteiger partial charge is 0.251 e. The molecule has 2 amide bonds. The highest BCUT2D eigenvalue weighted by Gasteiger charge is 2.25. The molecule has 1 fully saturated rings. The van der Waals surface area contributed by atoms with Gasteiger partial charge in [-0.25, -0.2) is 0 Å². The van der Waals surface area contributed by atoms with Crippen LogP contribution in [-0.2, 0) is 4.79 Å². The molecule has 1 aliphatic rings. The topological polar surface area (TPSA) is 58.2 Å². The van der Waals surface area contributed by atoms with Crippen LogP contribution < -0.4 is 10.6 Å². The highest BCUT2D eigenvalue weighted by Crippen LogP contribution is 2.27. The number of benzene rings is 1. The Morgan fingerprint density at radius 1 is 1.33 bits per heavy atom. The molecule has 1 aromatic rings. The van der Waals surface area contributed by atoms with E-state index in [-0.39, 0.29) is 17.7 Å². The van der Waals surface area contributed by atoms with Gasteiger partial charge in [-0.1, -0.05) is 12.5 Å². The summed E-state index contributed by atoms with van der Waals surface area (Å²) in [5, 5.41) is 5.60. The number of carbonyl (C=O) groups excluding carboxylic acids is 2. The SMILES string of the molecule is CCNC(=O)c1cccc(NC(=O)C2CCC2)c1. The lowest BCUT2D eigenvalue weighted by molar-refractivity contribution is -0.122. The van der Waals surface area contributed by atoms with Crippen LogP contribution in [0.3, 0.4) is 0 Å². The Hall–Kier alpha value is -1.84. The summed E-state index contributed by atoms with van der Waals surface area (Å²) in [6.07, 6.45) is 3.08. The number of nitrogens with one attached hydrogen (secondary N) is 2. The van der Waals surface area contributed by atoms with E-state index >= 15 is 0 Å². The molecule has 0 aromatic heterocycles. The number of hydrogen-bond acceptors (Lipinski definition) is 2. The van der Waals surface area contributed by atoms with Crippen LogP contribution in [0.4, 0.5) is 5.69 Å². The largest absolute Gasteiger partial charge is 0.352 e. The molecule has 0 unspecified atom stereocenters. The first kappa shape index (κ1) is 12.6. The molecule has 0 spiro atoms. The van der Waals surface area contributed by atoms with Crippen molar-refractivity contribution < 1.29 is 9.59 Å². The predicted molar refractivity (Wildman–Crippen MR) is 70.4 cm³/mol. The molecular weight excluding hydrogens is 228 g/mol. The maximum absolute atomic E-state index is 11.8. The summed E-state index contributed by atoms with van der Waals surface area (Å²) < 4.78 is 0.